The zero-order valence-corrected chi connectivity index (χ0v) is 16.1. The molecule has 0 atom stereocenters. The number of pyridine rings is 2. The summed E-state index contributed by atoms with van der Waals surface area (Å²) >= 11 is 0. The van der Waals surface area contributed by atoms with Gasteiger partial charge in [0.15, 0.2) is 5.82 Å². The highest BCUT2D eigenvalue weighted by molar-refractivity contribution is 5.58. The molecule has 0 unspecified atom stereocenters. The van der Waals surface area contributed by atoms with Gasteiger partial charge >= 0.3 is 12.4 Å². The van der Waals surface area contributed by atoms with E-state index in [1.165, 1.54) is 35.2 Å². The van der Waals surface area contributed by atoms with Crippen LogP contribution in [-0.2, 0) is 12.4 Å². The first-order valence-electron chi connectivity index (χ1n) is 8.97. The van der Waals surface area contributed by atoms with Crippen LogP contribution in [-0.4, -0.2) is 34.6 Å². The standard InChI is InChI=1S/C19H11F6N7O/c20-18(21,22)13-3-1-2-12(28-13)15-29-16(31-17(30-15)32-7-5-11(33)9-32)27-10-4-6-26-14(8-10)19(23,24)25/h1-9,33H,(H,26,27,29,30,31). The Bertz CT molecular complexity index is 1300. The molecule has 4 aromatic heterocycles. The van der Waals surface area contributed by atoms with Crippen molar-refractivity contribution in [3.63, 3.8) is 0 Å². The second-order valence-electron chi connectivity index (χ2n) is 6.52. The number of nitrogens with zero attached hydrogens (tertiary/aromatic N) is 6. The van der Waals surface area contributed by atoms with Gasteiger partial charge in [-0.15, -0.1) is 0 Å². The van der Waals surface area contributed by atoms with Gasteiger partial charge in [-0.25, -0.2) is 4.98 Å². The number of hydrogen-bond donors (Lipinski definition) is 2. The number of anilines is 2. The third-order valence-electron chi connectivity index (χ3n) is 4.11. The predicted molar refractivity (Wildman–Crippen MR) is 102 cm³/mol. The number of halogens is 6. The molecule has 0 amide bonds. The lowest BCUT2D eigenvalue weighted by atomic mass is 10.3. The van der Waals surface area contributed by atoms with Crippen molar-refractivity contribution in [3.05, 3.63) is 66.4 Å². The van der Waals surface area contributed by atoms with Crippen LogP contribution in [0.1, 0.15) is 11.4 Å². The van der Waals surface area contributed by atoms with Gasteiger partial charge in [0.25, 0.3) is 0 Å². The van der Waals surface area contributed by atoms with Gasteiger partial charge in [0.2, 0.25) is 11.9 Å². The van der Waals surface area contributed by atoms with Crippen molar-refractivity contribution in [3.8, 4) is 23.2 Å². The maximum Gasteiger partial charge on any atom is 0.433 e. The van der Waals surface area contributed by atoms with Crippen molar-refractivity contribution in [2.75, 3.05) is 5.32 Å². The fourth-order valence-corrected chi connectivity index (χ4v) is 2.67. The molecule has 170 valence electrons. The van der Waals surface area contributed by atoms with Crippen LogP contribution in [0.2, 0.25) is 0 Å². The van der Waals surface area contributed by atoms with Crippen LogP contribution in [0.15, 0.2) is 55.0 Å². The third-order valence-corrected chi connectivity index (χ3v) is 4.11. The third kappa shape index (κ3) is 4.99. The molecule has 0 saturated carbocycles. The molecule has 33 heavy (non-hydrogen) atoms. The summed E-state index contributed by atoms with van der Waals surface area (Å²) in [5.41, 5.74) is -2.68. The van der Waals surface area contributed by atoms with Crippen molar-refractivity contribution < 1.29 is 31.4 Å². The largest absolute Gasteiger partial charge is 0.506 e. The molecule has 8 nitrogen and oxygen atoms in total. The summed E-state index contributed by atoms with van der Waals surface area (Å²) in [7, 11) is 0. The molecule has 0 aliphatic carbocycles. The molecule has 4 heterocycles. The van der Waals surface area contributed by atoms with Crippen molar-refractivity contribution in [2.45, 2.75) is 12.4 Å². The van der Waals surface area contributed by atoms with Crippen molar-refractivity contribution in [1.29, 1.82) is 0 Å². The SMILES string of the molecule is Oc1ccn(-c2nc(Nc3ccnc(C(F)(F)F)c3)nc(-c3cccc(C(F)(F)F)n3)n2)c1. The van der Waals surface area contributed by atoms with Crippen molar-refractivity contribution in [2.24, 2.45) is 0 Å². The van der Waals surface area contributed by atoms with E-state index in [1.807, 2.05) is 0 Å². The summed E-state index contributed by atoms with van der Waals surface area (Å²) in [5.74, 6) is -0.839. The van der Waals surface area contributed by atoms with Crippen LogP contribution < -0.4 is 5.32 Å². The van der Waals surface area contributed by atoms with Crippen LogP contribution in [0.3, 0.4) is 0 Å². The molecule has 4 aromatic rings. The Labute approximate surface area is 180 Å². The van der Waals surface area contributed by atoms with Gasteiger partial charge in [-0.05, 0) is 30.3 Å². The van der Waals surface area contributed by atoms with E-state index >= 15 is 0 Å². The van der Waals surface area contributed by atoms with Gasteiger partial charge in [0.1, 0.15) is 22.8 Å². The Hall–Kier alpha value is -4.23. The summed E-state index contributed by atoms with van der Waals surface area (Å²) in [6.45, 7) is 0. The zero-order valence-electron chi connectivity index (χ0n) is 16.1. The summed E-state index contributed by atoms with van der Waals surface area (Å²) in [6, 6.07) is 6.36. The quantitative estimate of drug-likeness (QED) is 0.423. The highest BCUT2D eigenvalue weighted by Crippen LogP contribution is 2.31. The molecule has 14 heteroatoms. The van der Waals surface area contributed by atoms with E-state index < -0.39 is 23.7 Å². The summed E-state index contributed by atoms with van der Waals surface area (Å²) < 4.78 is 79.3. The van der Waals surface area contributed by atoms with Crippen LogP contribution in [0.25, 0.3) is 17.5 Å². The number of rotatable bonds is 4. The van der Waals surface area contributed by atoms with Crippen molar-refractivity contribution in [1.82, 2.24) is 29.5 Å². The van der Waals surface area contributed by atoms with E-state index in [2.05, 4.69) is 30.2 Å². The molecule has 0 saturated heterocycles. The molecular weight excluding hydrogens is 456 g/mol. The monoisotopic (exact) mass is 467 g/mol. The lowest BCUT2D eigenvalue weighted by molar-refractivity contribution is -0.141. The Balaban J connectivity index is 1.80. The molecule has 0 bridgehead atoms. The van der Waals surface area contributed by atoms with E-state index in [4.69, 9.17) is 0 Å². The first kappa shape index (κ1) is 22.0. The number of hydrogen-bond acceptors (Lipinski definition) is 7. The molecule has 4 rings (SSSR count). The fourth-order valence-electron chi connectivity index (χ4n) is 2.67. The maximum atomic E-state index is 13.1. The van der Waals surface area contributed by atoms with Gasteiger partial charge in [0.05, 0.1) is 6.20 Å². The Morgan fingerprint density at radius 2 is 1.61 bits per heavy atom. The van der Waals surface area contributed by atoms with Gasteiger partial charge in [0, 0.05) is 18.1 Å². The highest BCUT2D eigenvalue weighted by Gasteiger charge is 2.33. The van der Waals surface area contributed by atoms with Crippen LogP contribution in [0.5, 0.6) is 5.75 Å². The Morgan fingerprint density at radius 3 is 2.27 bits per heavy atom. The summed E-state index contributed by atoms with van der Waals surface area (Å²) in [4.78, 5) is 18.9. The molecule has 0 aromatic carbocycles. The smallest absolute Gasteiger partial charge is 0.433 e. The molecular formula is C19H11F6N7O. The molecule has 2 N–H and O–H groups in total. The minimum Gasteiger partial charge on any atom is -0.506 e. The van der Waals surface area contributed by atoms with E-state index in [-0.39, 0.29) is 34.9 Å². The van der Waals surface area contributed by atoms with Gasteiger partial charge in [-0.3, -0.25) is 9.55 Å². The minimum absolute atomic E-state index is 0.0761. The molecule has 0 radical (unpaired) electrons. The van der Waals surface area contributed by atoms with Gasteiger partial charge in [-0.1, -0.05) is 6.07 Å². The van der Waals surface area contributed by atoms with E-state index in [9.17, 15) is 31.4 Å². The normalized spacial score (nSPS) is 12.1. The molecule has 0 aliphatic heterocycles. The van der Waals surface area contributed by atoms with Crippen molar-refractivity contribution >= 4 is 11.6 Å². The predicted octanol–water partition coefficient (Wildman–Crippen LogP) is 4.61. The Morgan fingerprint density at radius 1 is 0.848 bits per heavy atom. The molecule has 0 aliphatic rings. The number of nitrogens with one attached hydrogen (secondary N) is 1. The number of aromatic hydroxyl groups is 1. The zero-order chi connectivity index (χ0) is 23.8. The van der Waals surface area contributed by atoms with Crippen LogP contribution in [0, 0.1) is 0 Å². The first-order chi connectivity index (χ1) is 15.5. The van der Waals surface area contributed by atoms with E-state index in [0.29, 0.717) is 6.07 Å². The summed E-state index contributed by atoms with van der Waals surface area (Å²) in [6.07, 6.45) is -5.91. The minimum atomic E-state index is -4.72. The molecule has 0 spiro atoms. The van der Waals surface area contributed by atoms with Gasteiger partial charge in [-0.2, -0.15) is 41.3 Å². The lowest BCUT2D eigenvalue weighted by Crippen LogP contribution is -2.11. The number of alkyl halides is 6. The molecule has 0 fully saturated rings. The van der Waals surface area contributed by atoms with E-state index in [0.717, 1.165) is 18.3 Å². The average molecular weight is 467 g/mol. The number of aromatic nitrogens is 6. The van der Waals surface area contributed by atoms with Crippen LogP contribution >= 0.6 is 0 Å². The second-order valence-corrected chi connectivity index (χ2v) is 6.52. The lowest BCUT2D eigenvalue weighted by Gasteiger charge is -2.12. The topological polar surface area (TPSA) is 102 Å². The fraction of sp³-hybridized carbons (Fsp3) is 0.105. The maximum absolute atomic E-state index is 13.1. The van der Waals surface area contributed by atoms with Gasteiger partial charge < -0.3 is 10.4 Å². The van der Waals surface area contributed by atoms with E-state index in [1.54, 1.807) is 0 Å². The van der Waals surface area contributed by atoms with Crippen LogP contribution in [0.4, 0.5) is 38.0 Å². The Kier molecular flexibility index (Phi) is 5.35. The first-order valence-corrected chi connectivity index (χ1v) is 8.97. The second kappa shape index (κ2) is 8.03. The summed E-state index contributed by atoms with van der Waals surface area (Å²) in [5, 5.41) is 12.1. The highest BCUT2D eigenvalue weighted by atomic mass is 19.4. The average Bonchev–Trinajstić information content (AvgIpc) is 3.19.